The summed E-state index contributed by atoms with van der Waals surface area (Å²) >= 11 is 0. The van der Waals surface area contributed by atoms with Crippen LogP contribution in [0.2, 0.25) is 0 Å². The van der Waals surface area contributed by atoms with E-state index in [2.05, 4.69) is 0 Å². The van der Waals surface area contributed by atoms with E-state index in [0.717, 1.165) is 0 Å². The van der Waals surface area contributed by atoms with Gasteiger partial charge in [-0.25, -0.2) is 9.59 Å². The Labute approximate surface area is 186 Å². The highest BCUT2D eigenvalue weighted by atomic mass is 16.7. The molecule has 32 heavy (non-hydrogen) atoms. The first-order valence-corrected chi connectivity index (χ1v) is 9.93. The lowest BCUT2D eigenvalue weighted by atomic mass is 9.84. The molecule has 2 aromatic rings. The Bertz CT molecular complexity index is 1050. The second-order valence-electron chi connectivity index (χ2n) is 7.63. The molecule has 2 aromatic carbocycles. The Balaban J connectivity index is 2.20. The number of rotatable bonds is 8. The zero-order chi connectivity index (χ0) is 23.5. The van der Waals surface area contributed by atoms with Crippen molar-refractivity contribution in [3.8, 4) is 17.2 Å². The first-order valence-electron chi connectivity index (χ1n) is 9.93. The molecule has 0 amide bonds. The predicted octanol–water partition coefficient (Wildman–Crippen LogP) is 4.13. The molecule has 0 aliphatic carbocycles. The Hall–Kier alpha value is -3.68. The summed E-state index contributed by atoms with van der Waals surface area (Å²) in [5.74, 6) is -1.64. The number of cyclic esters (lactones) is 1. The van der Waals surface area contributed by atoms with Crippen LogP contribution < -0.4 is 14.2 Å². The zero-order valence-corrected chi connectivity index (χ0v) is 18.6. The number of carbonyl (C=O) groups is 2. The third kappa shape index (κ3) is 4.80. The number of carboxylic acid groups (broad SMARTS) is 1. The molecular formula is C24H26O8. The number of carbonyl (C=O) groups excluding carboxylic acids is 1. The SMILES string of the molecule is COc1ccc(C(CC2=CC(=O)OC(C)(C)O2)c2cccc(OC)c2C(=O)O)c(OC)c1. The van der Waals surface area contributed by atoms with Crippen LogP contribution in [-0.4, -0.2) is 44.2 Å². The second-order valence-corrected chi connectivity index (χ2v) is 7.63. The van der Waals surface area contributed by atoms with E-state index < -0.39 is 23.6 Å². The number of carboxylic acids is 1. The fraction of sp³-hybridized carbons (Fsp3) is 0.333. The summed E-state index contributed by atoms with van der Waals surface area (Å²) in [7, 11) is 4.49. The molecule has 0 spiro atoms. The molecule has 0 saturated heterocycles. The van der Waals surface area contributed by atoms with Crippen molar-refractivity contribution in [1.29, 1.82) is 0 Å². The van der Waals surface area contributed by atoms with Crippen molar-refractivity contribution in [3.05, 3.63) is 64.9 Å². The monoisotopic (exact) mass is 442 g/mol. The van der Waals surface area contributed by atoms with Gasteiger partial charge in [0.2, 0.25) is 5.79 Å². The predicted molar refractivity (Wildman–Crippen MR) is 115 cm³/mol. The lowest BCUT2D eigenvalue weighted by molar-refractivity contribution is -0.206. The maximum absolute atomic E-state index is 12.2. The zero-order valence-electron chi connectivity index (χ0n) is 18.6. The van der Waals surface area contributed by atoms with Crippen molar-refractivity contribution < 1.29 is 38.4 Å². The smallest absolute Gasteiger partial charge is 0.339 e. The van der Waals surface area contributed by atoms with Gasteiger partial charge >= 0.3 is 11.9 Å². The van der Waals surface area contributed by atoms with Crippen LogP contribution in [0.15, 0.2) is 48.2 Å². The Morgan fingerprint density at radius 3 is 2.31 bits per heavy atom. The highest BCUT2D eigenvalue weighted by Gasteiger charge is 2.34. The number of allylic oxidation sites excluding steroid dienone is 1. The molecular weight excluding hydrogens is 416 g/mol. The summed E-state index contributed by atoms with van der Waals surface area (Å²) in [5, 5.41) is 9.96. The average Bonchev–Trinajstić information content (AvgIpc) is 2.75. The normalized spacial score (nSPS) is 15.7. The maximum atomic E-state index is 12.2. The molecule has 1 atom stereocenters. The van der Waals surface area contributed by atoms with Crippen molar-refractivity contribution in [3.63, 3.8) is 0 Å². The standard InChI is InChI=1S/C24H26O8/c1-24(2)31-15(13-21(25)32-24)11-18(16-10-9-14(28-3)12-20(16)30-5)17-7-6-8-19(29-4)22(17)23(26)27/h6-10,12-13,18H,11H2,1-5H3,(H,26,27). The molecule has 0 aromatic heterocycles. The molecule has 170 valence electrons. The Kier molecular flexibility index (Phi) is 6.62. The molecule has 0 fully saturated rings. The van der Waals surface area contributed by atoms with Crippen LogP contribution in [0.25, 0.3) is 0 Å². The lowest BCUT2D eigenvalue weighted by Gasteiger charge is -2.32. The van der Waals surface area contributed by atoms with E-state index >= 15 is 0 Å². The molecule has 0 bridgehead atoms. The van der Waals surface area contributed by atoms with E-state index in [0.29, 0.717) is 28.4 Å². The van der Waals surface area contributed by atoms with Gasteiger partial charge in [-0.15, -0.1) is 0 Å². The number of benzene rings is 2. The highest BCUT2D eigenvalue weighted by Crippen LogP contribution is 2.42. The van der Waals surface area contributed by atoms with Crippen molar-refractivity contribution >= 4 is 11.9 Å². The van der Waals surface area contributed by atoms with E-state index in [1.54, 1.807) is 57.4 Å². The maximum Gasteiger partial charge on any atom is 0.339 e. The quantitative estimate of drug-likeness (QED) is 0.609. The van der Waals surface area contributed by atoms with E-state index in [-0.39, 0.29) is 17.7 Å². The molecule has 1 heterocycles. The minimum atomic E-state index is -1.14. The van der Waals surface area contributed by atoms with E-state index in [1.807, 2.05) is 0 Å². The van der Waals surface area contributed by atoms with Gasteiger partial charge in [0.05, 0.1) is 27.4 Å². The molecule has 3 rings (SSSR count). The van der Waals surface area contributed by atoms with E-state index in [1.165, 1.54) is 20.3 Å². The first-order chi connectivity index (χ1) is 15.2. The summed E-state index contributed by atoms with van der Waals surface area (Å²) in [6.07, 6.45) is 1.46. The molecule has 8 nitrogen and oxygen atoms in total. The summed E-state index contributed by atoms with van der Waals surface area (Å²) in [4.78, 5) is 24.3. The van der Waals surface area contributed by atoms with E-state index in [9.17, 15) is 14.7 Å². The topological polar surface area (TPSA) is 101 Å². The molecule has 0 saturated carbocycles. The van der Waals surface area contributed by atoms with Gasteiger partial charge in [0.1, 0.15) is 28.6 Å². The number of aromatic carboxylic acids is 1. The van der Waals surface area contributed by atoms with Gasteiger partial charge < -0.3 is 28.8 Å². The van der Waals surface area contributed by atoms with Crippen LogP contribution in [-0.2, 0) is 14.3 Å². The van der Waals surface area contributed by atoms with Crippen LogP contribution in [0, 0.1) is 0 Å². The van der Waals surface area contributed by atoms with Crippen molar-refractivity contribution in [2.24, 2.45) is 0 Å². The van der Waals surface area contributed by atoms with Crippen LogP contribution in [0.1, 0.15) is 47.7 Å². The van der Waals surface area contributed by atoms with Crippen LogP contribution in [0.4, 0.5) is 0 Å². The van der Waals surface area contributed by atoms with Crippen molar-refractivity contribution in [1.82, 2.24) is 0 Å². The summed E-state index contributed by atoms with van der Waals surface area (Å²) in [5.41, 5.74) is 1.21. The Morgan fingerprint density at radius 1 is 1.00 bits per heavy atom. The molecule has 8 heteroatoms. The third-order valence-electron chi connectivity index (χ3n) is 5.09. The van der Waals surface area contributed by atoms with Gasteiger partial charge in [-0.2, -0.15) is 0 Å². The fourth-order valence-corrected chi connectivity index (χ4v) is 3.80. The van der Waals surface area contributed by atoms with E-state index in [4.69, 9.17) is 23.7 Å². The molecule has 1 N–H and O–H groups in total. The summed E-state index contributed by atoms with van der Waals surface area (Å²) in [6, 6.07) is 10.3. The number of esters is 1. The van der Waals surface area contributed by atoms with Crippen LogP contribution in [0.5, 0.6) is 17.2 Å². The summed E-state index contributed by atoms with van der Waals surface area (Å²) in [6.45, 7) is 3.27. The van der Waals surface area contributed by atoms with Gasteiger partial charge in [0, 0.05) is 37.8 Å². The average molecular weight is 442 g/mol. The molecule has 0 radical (unpaired) electrons. The number of methoxy groups -OCH3 is 3. The van der Waals surface area contributed by atoms with Gasteiger partial charge in [-0.3, -0.25) is 0 Å². The minimum Gasteiger partial charge on any atom is -0.497 e. The van der Waals surface area contributed by atoms with Crippen LogP contribution in [0.3, 0.4) is 0 Å². The highest BCUT2D eigenvalue weighted by molar-refractivity contribution is 5.93. The summed E-state index contributed by atoms with van der Waals surface area (Å²) < 4.78 is 27.2. The third-order valence-corrected chi connectivity index (χ3v) is 5.09. The second kappa shape index (κ2) is 9.21. The molecule has 1 aliphatic rings. The van der Waals surface area contributed by atoms with Crippen LogP contribution >= 0.6 is 0 Å². The fourth-order valence-electron chi connectivity index (χ4n) is 3.80. The van der Waals surface area contributed by atoms with Crippen molar-refractivity contribution in [2.75, 3.05) is 21.3 Å². The molecule has 1 aliphatic heterocycles. The minimum absolute atomic E-state index is 0.0242. The van der Waals surface area contributed by atoms with Gasteiger partial charge in [-0.05, 0) is 17.7 Å². The lowest BCUT2D eigenvalue weighted by Crippen LogP contribution is -2.34. The number of hydrogen-bond acceptors (Lipinski definition) is 7. The molecule has 1 unspecified atom stereocenters. The van der Waals surface area contributed by atoms with Gasteiger partial charge in [0.25, 0.3) is 0 Å². The number of hydrogen-bond donors (Lipinski definition) is 1. The van der Waals surface area contributed by atoms with Gasteiger partial charge in [0.15, 0.2) is 0 Å². The Morgan fingerprint density at radius 2 is 1.72 bits per heavy atom. The largest absolute Gasteiger partial charge is 0.497 e. The van der Waals surface area contributed by atoms with Gasteiger partial charge in [-0.1, -0.05) is 18.2 Å². The first kappa shape index (κ1) is 23.0. The van der Waals surface area contributed by atoms with Crippen molar-refractivity contribution in [2.45, 2.75) is 32.0 Å². The number of ether oxygens (including phenoxy) is 5.